The number of nitrogens with one attached hydrogen (secondary N) is 1. The maximum absolute atomic E-state index is 12.6. The maximum atomic E-state index is 12.6. The van der Waals surface area contributed by atoms with Crippen LogP contribution in [0.15, 0.2) is 29.6 Å². The summed E-state index contributed by atoms with van der Waals surface area (Å²) in [5.74, 6) is -0.326. The van der Waals surface area contributed by atoms with Crippen LogP contribution in [0, 0.1) is 0 Å². The second-order valence-corrected chi connectivity index (χ2v) is 7.27. The SMILES string of the molecule is CC1CN(C(=O)c2ccc(NC(=O)c3csc(CN)n3)cc2)CC(C)O1. The number of ether oxygens (including phenoxy) is 1. The zero-order valence-corrected chi connectivity index (χ0v) is 15.6. The van der Waals surface area contributed by atoms with Crippen LogP contribution >= 0.6 is 11.3 Å². The molecule has 2 aromatic rings. The molecule has 8 heteroatoms. The molecule has 0 radical (unpaired) electrons. The number of nitrogens with two attached hydrogens (primary N) is 1. The lowest BCUT2D eigenvalue weighted by Gasteiger charge is -2.35. The molecule has 2 amide bonds. The molecule has 0 aliphatic carbocycles. The molecule has 0 bridgehead atoms. The van der Waals surface area contributed by atoms with Gasteiger partial charge in [-0.05, 0) is 38.1 Å². The number of amides is 2. The number of hydrogen-bond acceptors (Lipinski definition) is 6. The molecule has 1 aromatic heterocycles. The summed E-state index contributed by atoms with van der Waals surface area (Å²) in [4.78, 5) is 30.8. The van der Waals surface area contributed by atoms with E-state index in [2.05, 4.69) is 10.3 Å². The Labute approximate surface area is 156 Å². The Balaban J connectivity index is 1.64. The van der Waals surface area contributed by atoms with E-state index in [1.165, 1.54) is 11.3 Å². The molecule has 2 heterocycles. The molecule has 1 fully saturated rings. The Morgan fingerprint density at radius 1 is 1.27 bits per heavy atom. The minimum atomic E-state index is -0.296. The quantitative estimate of drug-likeness (QED) is 0.854. The number of carbonyl (C=O) groups is 2. The first-order valence-corrected chi connectivity index (χ1v) is 9.35. The van der Waals surface area contributed by atoms with Gasteiger partial charge in [-0.25, -0.2) is 4.98 Å². The highest BCUT2D eigenvalue weighted by Gasteiger charge is 2.26. The van der Waals surface area contributed by atoms with Crippen LogP contribution in [0.5, 0.6) is 0 Å². The van der Waals surface area contributed by atoms with Crippen LogP contribution in [-0.4, -0.2) is 47.0 Å². The van der Waals surface area contributed by atoms with Crippen molar-refractivity contribution >= 4 is 28.8 Å². The second kappa shape index (κ2) is 7.94. The fourth-order valence-electron chi connectivity index (χ4n) is 2.93. The Morgan fingerprint density at radius 3 is 2.50 bits per heavy atom. The molecule has 3 rings (SSSR count). The zero-order chi connectivity index (χ0) is 18.7. The minimum absolute atomic E-state index is 0.0257. The van der Waals surface area contributed by atoms with E-state index in [9.17, 15) is 9.59 Å². The normalized spacial score (nSPS) is 20.0. The van der Waals surface area contributed by atoms with Gasteiger partial charge in [0, 0.05) is 36.3 Å². The number of thiazole rings is 1. The van der Waals surface area contributed by atoms with Gasteiger partial charge >= 0.3 is 0 Å². The number of morpholine rings is 1. The fourth-order valence-corrected chi connectivity index (χ4v) is 3.58. The number of aromatic nitrogens is 1. The Hall–Kier alpha value is -2.29. The molecule has 1 aliphatic heterocycles. The molecular formula is C18H22N4O3S. The van der Waals surface area contributed by atoms with Crippen molar-refractivity contribution < 1.29 is 14.3 Å². The molecule has 1 aromatic carbocycles. The summed E-state index contributed by atoms with van der Waals surface area (Å²) in [7, 11) is 0. The minimum Gasteiger partial charge on any atom is -0.372 e. The molecule has 0 spiro atoms. The standard InChI is InChI=1S/C18H22N4O3S/c1-11-8-22(9-12(2)25-11)18(24)13-3-5-14(6-4-13)20-17(23)15-10-26-16(7-19)21-15/h3-6,10-12H,7-9,19H2,1-2H3,(H,20,23). The third kappa shape index (κ3) is 4.27. The lowest BCUT2D eigenvalue weighted by Crippen LogP contribution is -2.48. The number of anilines is 1. The van der Waals surface area contributed by atoms with Gasteiger partial charge in [-0.15, -0.1) is 11.3 Å². The van der Waals surface area contributed by atoms with Crippen molar-refractivity contribution in [1.29, 1.82) is 0 Å². The monoisotopic (exact) mass is 374 g/mol. The summed E-state index contributed by atoms with van der Waals surface area (Å²) in [6.45, 7) is 5.39. The van der Waals surface area contributed by atoms with Crippen molar-refractivity contribution in [2.75, 3.05) is 18.4 Å². The number of nitrogens with zero attached hydrogens (tertiary/aromatic N) is 2. The fraction of sp³-hybridized carbons (Fsp3) is 0.389. The Kier molecular flexibility index (Phi) is 5.65. The molecule has 1 saturated heterocycles. The van der Waals surface area contributed by atoms with E-state index in [1.54, 1.807) is 34.5 Å². The first-order chi connectivity index (χ1) is 12.5. The number of rotatable bonds is 4. The van der Waals surface area contributed by atoms with Gasteiger partial charge in [0.1, 0.15) is 10.7 Å². The van der Waals surface area contributed by atoms with Crippen molar-refractivity contribution in [2.45, 2.75) is 32.6 Å². The zero-order valence-electron chi connectivity index (χ0n) is 14.8. The number of carbonyl (C=O) groups excluding carboxylic acids is 2. The van der Waals surface area contributed by atoms with Crippen molar-refractivity contribution in [3.8, 4) is 0 Å². The molecule has 0 saturated carbocycles. The highest BCUT2D eigenvalue weighted by Crippen LogP contribution is 2.17. The van der Waals surface area contributed by atoms with Crippen molar-refractivity contribution in [3.63, 3.8) is 0 Å². The van der Waals surface area contributed by atoms with E-state index in [-0.39, 0.29) is 24.0 Å². The smallest absolute Gasteiger partial charge is 0.275 e. The van der Waals surface area contributed by atoms with E-state index in [0.717, 1.165) is 0 Å². The highest BCUT2D eigenvalue weighted by molar-refractivity contribution is 7.09. The summed E-state index contributed by atoms with van der Waals surface area (Å²) >= 11 is 1.35. The number of hydrogen-bond donors (Lipinski definition) is 2. The highest BCUT2D eigenvalue weighted by atomic mass is 32.1. The topological polar surface area (TPSA) is 97.6 Å². The van der Waals surface area contributed by atoms with Gasteiger partial charge in [0.15, 0.2) is 0 Å². The van der Waals surface area contributed by atoms with Crippen molar-refractivity contribution in [2.24, 2.45) is 5.73 Å². The molecule has 3 N–H and O–H groups in total. The summed E-state index contributed by atoms with van der Waals surface area (Å²) in [5.41, 5.74) is 7.05. The summed E-state index contributed by atoms with van der Waals surface area (Å²) < 4.78 is 5.66. The molecule has 7 nitrogen and oxygen atoms in total. The Bertz CT molecular complexity index is 780. The van der Waals surface area contributed by atoms with Gasteiger partial charge in [-0.2, -0.15) is 0 Å². The molecule has 1 aliphatic rings. The van der Waals surface area contributed by atoms with Crippen LogP contribution in [0.2, 0.25) is 0 Å². The third-order valence-electron chi connectivity index (χ3n) is 4.06. The van der Waals surface area contributed by atoms with Crippen molar-refractivity contribution in [3.05, 3.63) is 45.9 Å². The Morgan fingerprint density at radius 2 is 1.92 bits per heavy atom. The molecule has 138 valence electrons. The van der Waals surface area contributed by atoms with Crippen LogP contribution in [0.25, 0.3) is 0 Å². The summed E-state index contributed by atoms with van der Waals surface area (Å²) in [6, 6.07) is 6.87. The molecule has 26 heavy (non-hydrogen) atoms. The first-order valence-electron chi connectivity index (χ1n) is 8.47. The van der Waals surface area contributed by atoms with E-state index in [4.69, 9.17) is 10.5 Å². The van der Waals surface area contributed by atoms with E-state index >= 15 is 0 Å². The van der Waals surface area contributed by atoms with Gasteiger partial charge in [0.05, 0.1) is 12.2 Å². The number of benzene rings is 1. The van der Waals surface area contributed by atoms with Crippen LogP contribution in [0.4, 0.5) is 5.69 Å². The van der Waals surface area contributed by atoms with E-state index < -0.39 is 0 Å². The largest absolute Gasteiger partial charge is 0.372 e. The predicted molar refractivity (Wildman–Crippen MR) is 100 cm³/mol. The lowest BCUT2D eigenvalue weighted by molar-refractivity contribution is -0.0586. The molecule has 2 atom stereocenters. The van der Waals surface area contributed by atoms with Crippen LogP contribution in [0.1, 0.15) is 39.7 Å². The van der Waals surface area contributed by atoms with Gasteiger partial charge < -0.3 is 20.7 Å². The van der Waals surface area contributed by atoms with Crippen molar-refractivity contribution in [1.82, 2.24) is 9.88 Å². The molecule has 2 unspecified atom stereocenters. The predicted octanol–water partition coefficient (Wildman–Crippen LogP) is 2.10. The first kappa shape index (κ1) is 18.5. The second-order valence-electron chi connectivity index (χ2n) is 6.33. The maximum Gasteiger partial charge on any atom is 0.275 e. The lowest BCUT2D eigenvalue weighted by atomic mass is 10.1. The van der Waals surface area contributed by atoms with Gasteiger partial charge in [-0.1, -0.05) is 0 Å². The van der Waals surface area contributed by atoms with Crippen LogP contribution in [-0.2, 0) is 11.3 Å². The molecular weight excluding hydrogens is 352 g/mol. The summed E-state index contributed by atoms with van der Waals surface area (Å²) in [6.07, 6.45) is 0.0515. The van der Waals surface area contributed by atoms with E-state index in [1.807, 2.05) is 13.8 Å². The average molecular weight is 374 g/mol. The van der Waals surface area contributed by atoms with Gasteiger partial charge in [0.2, 0.25) is 0 Å². The van der Waals surface area contributed by atoms with E-state index in [0.29, 0.717) is 41.6 Å². The van der Waals surface area contributed by atoms with Crippen LogP contribution in [0.3, 0.4) is 0 Å². The van der Waals surface area contributed by atoms with Gasteiger partial charge in [-0.3, -0.25) is 9.59 Å². The summed E-state index contributed by atoms with van der Waals surface area (Å²) in [5, 5.41) is 5.16. The average Bonchev–Trinajstić information content (AvgIpc) is 3.10. The van der Waals surface area contributed by atoms with Gasteiger partial charge in [0.25, 0.3) is 11.8 Å². The van der Waals surface area contributed by atoms with Crippen LogP contribution < -0.4 is 11.1 Å². The third-order valence-corrected chi connectivity index (χ3v) is 4.93.